The fourth-order valence-electron chi connectivity index (χ4n) is 2.94. The average molecular weight is 401 g/mol. The van der Waals surface area contributed by atoms with E-state index in [9.17, 15) is 14.9 Å². The van der Waals surface area contributed by atoms with E-state index < -0.39 is 4.92 Å². The summed E-state index contributed by atoms with van der Waals surface area (Å²) in [6.45, 7) is 0. The summed E-state index contributed by atoms with van der Waals surface area (Å²) in [6.07, 6.45) is 1.70. The fraction of sp³-hybridized carbons (Fsp3) is 0.176. The number of hydrogen-bond donors (Lipinski definition) is 2. The van der Waals surface area contributed by atoms with Crippen LogP contribution in [0.1, 0.15) is 28.9 Å². The molecule has 2 aromatic carbocycles. The molecule has 0 aliphatic heterocycles. The molecule has 0 saturated heterocycles. The molecular formula is C17H13BrN4O3. The van der Waals surface area contributed by atoms with Crippen molar-refractivity contribution in [3.05, 3.63) is 68.3 Å². The predicted octanol–water partition coefficient (Wildman–Crippen LogP) is 3.65. The van der Waals surface area contributed by atoms with Crippen LogP contribution in [0, 0.1) is 10.1 Å². The van der Waals surface area contributed by atoms with Gasteiger partial charge in [-0.05, 0) is 36.6 Å². The van der Waals surface area contributed by atoms with Crippen molar-refractivity contribution in [2.45, 2.75) is 18.4 Å². The minimum atomic E-state index is -0.488. The molecule has 0 atom stereocenters. The van der Waals surface area contributed by atoms with Crippen LogP contribution in [0.5, 0.6) is 0 Å². The van der Waals surface area contributed by atoms with Crippen LogP contribution in [0.4, 0.5) is 5.69 Å². The number of aromatic nitrogens is 2. The lowest BCUT2D eigenvalue weighted by atomic mass is 10.0. The maximum absolute atomic E-state index is 12.7. The van der Waals surface area contributed by atoms with Gasteiger partial charge in [0, 0.05) is 22.0 Å². The van der Waals surface area contributed by atoms with E-state index >= 15 is 0 Å². The Morgan fingerprint density at radius 1 is 1.24 bits per heavy atom. The van der Waals surface area contributed by atoms with Gasteiger partial charge in [0.05, 0.1) is 16.0 Å². The molecule has 126 valence electrons. The first-order valence-electron chi connectivity index (χ1n) is 7.70. The van der Waals surface area contributed by atoms with Crippen LogP contribution in [0.25, 0.3) is 10.9 Å². The van der Waals surface area contributed by atoms with Gasteiger partial charge in [0.15, 0.2) is 5.69 Å². The molecule has 1 saturated carbocycles. The molecule has 0 unspecified atom stereocenters. The van der Waals surface area contributed by atoms with Gasteiger partial charge in [-0.3, -0.25) is 20.0 Å². The molecular weight excluding hydrogens is 388 g/mol. The smallest absolute Gasteiger partial charge is 0.273 e. The number of nitrogens with one attached hydrogen (secondary N) is 2. The topological polar surface area (TPSA) is 101 Å². The van der Waals surface area contributed by atoms with Crippen molar-refractivity contribution in [3.8, 4) is 0 Å². The number of nitrogens with zero attached hydrogens (tertiary/aromatic N) is 2. The number of hydrogen-bond acceptors (Lipinski definition) is 4. The van der Waals surface area contributed by atoms with Gasteiger partial charge in [0.2, 0.25) is 0 Å². The number of rotatable bonds is 4. The predicted molar refractivity (Wildman–Crippen MR) is 95.3 cm³/mol. The second kappa shape index (κ2) is 5.66. The number of amides is 1. The minimum absolute atomic E-state index is 0.0722. The lowest BCUT2D eigenvalue weighted by Crippen LogP contribution is -2.35. The number of H-pyrrole nitrogens is 1. The van der Waals surface area contributed by atoms with Crippen molar-refractivity contribution in [2.24, 2.45) is 0 Å². The third-order valence-electron chi connectivity index (χ3n) is 4.47. The van der Waals surface area contributed by atoms with Crippen LogP contribution in [-0.2, 0) is 5.54 Å². The Morgan fingerprint density at radius 2 is 1.96 bits per heavy atom. The Bertz CT molecular complexity index is 993. The highest BCUT2D eigenvalue weighted by Crippen LogP contribution is 2.46. The van der Waals surface area contributed by atoms with Crippen molar-refractivity contribution in [1.82, 2.24) is 15.5 Å². The molecule has 1 aromatic heterocycles. The van der Waals surface area contributed by atoms with E-state index in [-0.39, 0.29) is 22.8 Å². The van der Waals surface area contributed by atoms with Gasteiger partial charge in [0.25, 0.3) is 11.6 Å². The van der Waals surface area contributed by atoms with E-state index in [0.29, 0.717) is 10.9 Å². The zero-order valence-corrected chi connectivity index (χ0v) is 14.5. The van der Waals surface area contributed by atoms with E-state index in [1.54, 1.807) is 6.07 Å². The average Bonchev–Trinajstić information content (AvgIpc) is 3.24. The van der Waals surface area contributed by atoms with Gasteiger partial charge >= 0.3 is 0 Å². The van der Waals surface area contributed by atoms with Crippen LogP contribution < -0.4 is 5.32 Å². The van der Waals surface area contributed by atoms with E-state index in [1.807, 2.05) is 24.3 Å². The summed E-state index contributed by atoms with van der Waals surface area (Å²) in [6, 6.07) is 12.1. The number of carbonyl (C=O) groups is 1. The molecule has 3 aromatic rings. The van der Waals surface area contributed by atoms with Crippen molar-refractivity contribution in [1.29, 1.82) is 0 Å². The van der Waals surface area contributed by atoms with Gasteiger partial charge in [0.1, 0.15) is 0 Å². The van der Waals surface area contributed by atoms with Gasteiger partial charge in [-0.25, -0.2) is 0 Å². The molecule has 2 N–H and O–H groups in total. The highest BCUT2D eigenvalue weighted by molar-refractivity contribution is 9.10. The fourth-order valence-corrected chi connectivity index (χ4v) is 3.21. The van der Waals surface area contributed by atoms with Crippen LogP contribution in [0.15, 0.2) is 46.9 Å². The van der Waals surface area contributed by atoms with Crippen molar-refractivity contribution < 1.29 is 9.72 Å². The molecule has 0 radical (unpaired) electrons. The zero-order chi connectivity index (χ0) is 17.6. The number of carbonyl (C=O) groups excluding carboxylic acids is 1. The van der Waals surface area contributed by atoms with Crippen molar-refractivity contribution >= 4 is 38.4 Å². The van der Waals surface area contributed by atoms with E-state index in [0.717, 1.165) is 22.9 Å². The Balaban J connectivity index is 1.65. The third-order valence-corrected chi connectivity index (χ3v) is 5.00. The first kappa shape index (κ1) is 15.8. The Hall–Kier alpha value is -2.74. The van der Waals surface area contributed by atoms with Gasteiger partial charge in [-0.1, -0.05) is 28.1 Å². The molecule has 1 fully saturated rings. The first-order chi connectivity index (χ1) is 12.0. The number of non-ortho nitro benzene ring substituents is 1. The Labute approximate surface area is 150 Å². The highest BCUT2D eigenvalue weighted by atomic mass is 79.9. The monoisotopic (exact) mass is 400 g/mol. The summed E-state index contributed by atoms with van der Waals surface area (Å²) in [7, 11) is 0. The summed E-state index contributed by atoms with van der Waals surface area (Å²) >= 11 is 3.40. The molecule has 25 heavy (non-hydrogen) atoms. The molecule has 8 heteroatoms. The molecule has 1 amide bonds. The highest BCUT2D eigenvalue weighted by Gasteiger charge is 2.46. The SMILES string of the molecule is O=C(NC1(c2ccc(Br)cc2)CC1)c1n[nH]c2ccc([N+](=O)[O-])cc12. The maximum atomic E-state index is 12.7. The zero-order valence-electron chi connectivity index (χ0n) is 13.0. The summed E-state index contributed by atoms with van der Waals surface area (Å²) in [5, 5.41) is 21.2. The maximum Gasteiger partial charge on any atom is 0.273 e. The van der Waals surface area contributed by atoms with Gasteiger partial charge in [-0.2, -0.15) is 5.10 Å². The first-order valence-corrected chi connectivity index (χ1v) is 8.49. The molecule has 1 aliphatic rings. The standard InChI is InChI=1S/C17H13BrN4O3/c18-11-3-1-10(2-4-11)17(7-8-17)19-16(23)15-13-9-12(22(24)25)5-6-14(13)20-21-15/h1-6,9H,7-8H2,(H,19,23)(H,20,21). The summed E-state index contributed by atoms with van der Waals surface area (Å²) in [5.41, 5.74) is 1.34. The second-order valence-corrected chi connectivity index (χ2v) is 7.02. The molecule has 7 nitrogen and oxygen atoms in total. The molecule has 0 bridgehead atoms. The van der Waals surface area contributed by atoms with E-state index in [2.05, 4.69) is 31.4 Å². The van der Waals surface area contributed by atoms with E-state index in [4.69, 9.17) is 0 Å². The molecule has 1 heterocycles. The number of nitro benzene ring substituents is 1. The summed E-state index contributed by atoms with van der Waals surface area (Å²) in [5.74, 6) is -0.341. The number of aromatic amines is 1. The van der Waals surface area contributed by atoms with E-state index in [1.165, 1.54) is 12.1 Å². The molecule has 0 spiro atoms. The minimum Gasteiger partial charge on any atom is -0.341 e. The number of halogens is 1. The number of fused-ring (bicyclic) bond motifs is 1. The lowest BCUT2D eigenvalue weighted by Gasteiger charge is -2.17. The van der Waals surface area contributed by atoms with Crippen LogP contribution >= 0.6 is 15.9 Å². The molecule has 1 aliphatic carbocycles. The largest absolute Gasteiger partial charge is 0.341 e. The third kappa shape index (κ3) is 2.78. The Morgan fingerprint density at radius 3 is 2.60 bits per heavy atom. The number of nitro groups is 1. The van der Waals surface area contributed by atoms with Crippen LogP contribution in [0.2, 0.25) is 0 Å². The Kier molecular flexibility index (Phi) is 3.57. The normalized spacial score (nSPS) is 15.1. The van der Waals surface area contributed by atoms with Crippen molar-refractivity contribution in [2.75, 3.05) is 0 Å². The van der Waals surface area contributed by atoms with Crippen molar-refractivity contribution in [3.63, 3.8) is 0 Å². The molecule has 4 rings (SSSR count). The van der Waals surface area contributed by atoms with Gasteiger partial charge in [-0.15, -0.1) is 0 Å². The summed E-state index contributed by atoms with van der Waals surface area (Å²) in [4.78, 5) is 23.2. The van der Waals surface area contributed by atoms with Crippen LogP contribution in [0.3, 0.4) is 0 Å². The number of benzene rings is 2. The lowest BCUT2D eigenvalue weighted by molar-refractivity contribution is -0.384. The van der Waals surface area contributed by atoms with Crippen LogP contribution in [-0.4, -0.2) is 21.0 Å². The summed E-state index contributed by atoms with van der Waals surface area (Å²) < 4.78 is 0.976. The van der Waals surface area contributed by atoms with Gasteiger partial charge < -0.3 is 5.32 Å². The second-order valence-electron chi connectivity index (χ2n) is 6.10. The quantitative estimate of drug-likeness (QED) is 0.515.